The molecule has 0 aromatic carbocycles. The van der Waals surface area contributed by atoms with Gasteiger partial charge in [-0.1, -0.05) is 130 Å². The molecule has 0 aliphatic heterocycles. The highest BCUT2D eigenvalue weighted by Gasteiger charge is 2.14. The summed E-state index contributed by atoms with van der Waals surface area (Å²) in [6.07, 6.45) is 32.1. The highest BCUT2D eigenvalue weighted by Crippen LogP contribution is 2.18. The van der Waals surface area contributed by atoms with Gasteiger partial charge in [-0.2, -0.15) is 0 Å². The lowest BCUT2D eigenvalue weighted by atomic mass is 10.0. The van der Waals surface area contributed by atoms with Gasteiger partial charge >= 0.3 is 11.9 Å². The fraction of sp³-hybridized carbons (Fsp3) is 0.951. The topological polar surface area (TPSA) is 59.1 Å². The van der Waals surface area contributed by atoms with Crippen LogP contribution < -0.4 is 0 Å². The number of carbonyl (C=O) groups is 2. The molecule has 0 rings (SSSR count). The lowest BCUT2D eigenvalue weighted by Crippen LogP contribution is -2.33. The van der Waals surface area contributed by atoms with Gasteiger partial charge in [0.2, 0.25) is 0 Å². The van der Waals surface area contributed by atoms with Crippen LogP contribution in [0, 0.1) is 0 Å². The summed E-state index contributed by atoms with van der Waals surface area (Å²) in [5.41, 5.74) is 0. The van der Waals surface area contributed by atoms with Crippen molar-refractivity contribution in [3.8, 4) is 0 Å². The van der Waals surface area contributed by atoms with E-state index in [9.17, 15) is 9.59 Å². The third-order valence-corrected chi connectivity index (χ3v) is 9.39. The number of ether oxygens (including phenoxy) is 2. The zero-order valence-corrected chi connectivity index (χ0v) is 32.4. The molecule has 0 aliphatic carbocycles. The normalized spacial score (nSPS) is 12.2. The second-order valence-corrected chi connectivity index (χ2v) is 14.5. The molecular formula is C41H82N2O4. The van der Waals surface area contributed by atoms with E-state index in [2.05, 4.69) is 44.7 Å². The first-order valence-corrected chi connectivity index (χ1v) is 20.6. The van der Waals surface area contributed by atoms with Crippen LogP contribution >= 0.6 is 0 Å². The van der Waals surface area contributed by atoms with E-state index in [1.165, 1.54) is 122 Å². The summed E-state index contributed by atoms with van der Waals surface area (Å²) in [7, 11) is 4.31. The molecule has 0 bridgehead atoms. The van der Waals surface area contributed by atoms with E-state index in [0.717, 1.165) is 71.1 Å². The van der Waals surface area contributed by atoms with Crippen LogP contribution in [0.4, 0.5) is 0 Å². The molecule has 47 heavy (non-hydrogen) atoms. The SMILES string of the molecule is CCCCCCCOC(=O)CCCCCCCN(CCCCCCCC(=O)OC(CCCCCC)CCCCCCC)CCN(C)C. The number of esters is 2. The number of unbranched alkanes of at least 4 members (excludes halogenated alkanes) is 19. The molecule has 6 nitrogen and oxygen atoms in total. The third-order valence-electron chi connectivity index (χ3n) is 9.39. The molecule has 0 aromatic heterocycles. The van der Waals surface area contributed by atoms with Gasteiger partial charge in [0, 0.05) is 25.9 Å². The fourth-order valence-electron chi connectivity index (χ4n) is 6.19. The smallest absolute Gasteiger partial charge is 0.306 e. The molecule has 0 aromatic rings. The zero-order valence-electron chi connectivity index (χ0n) is 32.4. The summed E-state index contributed by atoms with van der Waals surface area (Å²) in [6.45, 7) is 11.9. The summed E-state index contributed by atoms with van der Waals surface area (Å²) in [6, 6.07) is 0. The van der Waals surface area contributed by atoms with Crippen molar-refractivity contribution in [1.29, 1.82) is 0 Å². The molecule has 0 saturated heterocycles. The van der Waals surface area contributed by atoms with Gasteiger partial charge in [0.15, 0.2) is 0 Å². The minimum atomic E-state index is -0.0133. The molecule has 1 unspecified atom stereocenters. The molecule has 1 atom stereocenters. The van der Waals surface area contributed by atoms with Gasteiger partial charge < -0.3 is 19.3 Å². The van der Waals surface area contributed by atoms with Gasteiger partial charge in [-0.05, 0) is 85.0 Å². The summed E-state index contributed by atoms with van der Waals surface area (Å²) < 4.78 is 11.4. The first-order valence-electron chi connectivity index (χ1n) is 20.6. The second kappa shape index (κ2) is 36.1. The van der Waals surface area contributed by atoms with Crippen molar-refractivity contribution in [2.45, 2.75) is 207 Å². The highest BCUT2D eigenvalue weighted by molar-refractivity contribution is 5.69. The maximum Gasteiger partial charge on any atom is 0.306 e. The quantitative estimate of drug-likeness (QED) is 0.0486. The van der Waals surface area contributed by atoms with E-state index in [0.29, 0.717) is 19.4 Å². The Hall–Kier alpha value is -1.14. The van der Waals surface area contributed by atoms with Gasteiger partial charge in [0.1, 0.15) is 6.10 Å². The van der Waals surface area contributed by atoms with E-state index < -0.39 is 0 Å². The van der Waals surface area contributed by atoms with Crippen molar-refractivity contribution in [3.05, 3.63) is 0 Å². The molecule has 0 N–H and O–H groups in total. The average Bonchev–Trinajstić information content (AvgIpc) is 3.05. The lowest BCUT2D eigenvalue weighted by molar-refractivity contribution is -0.150. The molecule has 6 heteroatoms. The van der Waals surface area contributed by atoms with Crippen LogP contribution in [-0.2, 0) is 19.1 Å². The molecular weight excluding hydrogens is 584 g/mol. The van der Waals surface area contributed by atoms with Gasteiger partial charge in [-0.15, -0.1) is 0 Å². The number of carbonyl (C=O) groups excluding carboxylic acids is 2. The van der Waals surface area contributed by atoms with Crippen LogP contribution in [0.1, 0.15) is 201 Å². The maximum absolute atomic E-state index is 12.6. The van der Waals surface area contributed by atoms with Crippen molar-refractivity contribution in [3.63, 3.8) is 0 Å². The molecule has 0 spiro atoms. The Morgan fingerprint density at radius 1 is 0.468 bits per heavy atom. The summed E-state index contributed by atoms with van der Waals surface area (Å²) in [4.78, 5) is 29.5. The molecule has 0 radical (unpaired) electrons. The minimum absolute atomic E-state index is 0.0133. The standard InChI is InChI=1S/C41H82N2O4/c1-6-9-12-17-24-31-39(30-23-14-11-8-3)47-41(45)33-26-19-16-21-28-35-43(37-36-42(4)5)34-27-20-15-18-25-32-40(44)46-38-29-22-13-10-7-2/h39H,6-38H2,1-5H3. The summed E-state index contributed by atoms with van der Waals surface area (Å²) in [5, 5.41) is 0. The van der Waals surface area contributed by atoms with Crippen molar-refractivity contribution in [1.82, 2.24) is 9.80 Å². The Morgan fingerprint density at radius 2 is 0.894 bits per heavy atom. The molecule has 0 fully saturated rings. The van der Waals surface area contributed by atoms with Crippen LogP contribution in [0.25, 0.3) is 0 Å². The van der Waals surface area contributed by atoms with Crippen LogP contribution in [0.5, 0.6) is 0 Å². The summed E-state index contributed by atoms with van der Waals surface area (Å²) in [5.74, 6) is 0.0163. The number of hydrogen-bond donors (Lipinski definition) is 0. The number of rotatable bonds is 37. The molecule has 0 saturated carbocycles. The van der Waals surface area contributed by atoms with E-state index in [4.69, 9.17) is 9.47 Å². The maximum atomic E-state index is 12.6. The van der Waals surface area contributed by atoms with Gasteiger partial charge in [-0.25, -0.2) is 0 Å². The Morgan fingerprint density at radius 3 is 1.43 bits per heavy atom. The molecule has 0 heterocycles. The van der Waals surface area contributed by atoms with Crippen LogP contribution in [0.2, 0.25) is 0 Å². The zero-order chi connectivity index (χ0) is 34.6. The van der Waals surface area contributed by atoms with E-state index in [1.54, 1.807) is 0 Å². The molecule has 0 aliphatic rings. The van der Waals surface area contributed by atoms with Crippen molar-refractivity contribution in [2.75, 3.05) is 46.9 Å². The van der Waals surface area contributed by atoms with E-state index in [-0.39, 0.29) is 18.0 Å². The van der Waals surface area contributed by atoms with Crippen LogP contribution in [0.15, 0.2) is 0 Å². The first-order chi connectivity index (χ1) is 22.9. The van der Waals surface area contributed by atoms with Crippen molar-refractivity contribution < 1.29 is 19.1 Å². The first kappa shape index (κ1) is 45.9. The van der Waals surface area contributed by atoms with E-state index >= 15 is 0 Å². The number of nitrogens with zero attached hydrogens (tertiary/aromatic N) is 2. The van der Waals surface area contributed by atoms with Gasteiger partial charge in [0.05, 0.1) is 6.61 Å². The minimum Gasteiger partial charge on any atom is -0.466 e. The second-order valence-electron chi connectivity index (χ2n) is 14.5. The molecule has 0 amide bonds. The highest BCUT2D eigenvalue weighted by atomic mass is 16.5. The largest absolute Gasteiger partial charge is 0.466 e. The fourth-order valence-corrected chi connectivity index (χ4v) is 6.19. The van der Waals surface area contributed by atoms with E-state index in [1.807, 2.05) is 0 Å². The van der Waals surface area contributed by atoms with Crippen LogP contribution in [-0.4, -0.2) is 74.7 Å². The Labute approximate surface area is 293 Å². The predicted molar refractivity (Wildman–Crippen MR) is 202 cm³/mol. The average molecular weight is 667 g/mol. The lowest BCUT2D eigenvalue weighted by Gasteiger charge is -2.24. The number of likely N-dealkylation sites (N-methyl/N-ethyl adjacent to an activating group) is 1. The molecule has 280 valence electrons. The van der Waals surface area contributed by atoms with Crippen molar-refractivity contribution >= 4 is 11.9 Å². The Bertz CT molecular complexity index is 672. The van der Waals surface area contributed by atoms with Gasteiger partial charge in [-0.3, -0.25) is 9.59 Å². The third kappa shape index (κ3) is 34.5. The predicted octanol–water partition coefficient (Wildman–Crippen LogP) is 11.3. The van der Waals surface area contributed by atoms with Crippen molar-refractivity contribution in [2.24, 2.45) is 0 Å². The monoisotopic (exact) mass is 667 g/mol. The number of hydrogen-bond acceptors (Lipinski definition) is 6. The van der Waals surface area contributed by atoms with Crippen LogP contribution in [0.3, 0.4) is 0 Å². The van der Waals surface area contributed by atoms with Gasteiger partial charge in [0.25, 0.3) is 0 Å². The Balaban J connectivity index is 4.06. The summed E-state index contributed by atoms with van der Waals surface area (Å²) >= 11 is 0. The Kier molecular flexibility index (Phi) is 35.3.